The Morgan fingerprint density at radius 3 is 2.62 bits per heavy atom. The van der Waals surface area contributed by atoms with E-state index in [0.29, 0.717) is 0 Å². The van der Waals surface area contributed by atoms with Crippen molar-refractivity contribution in [2.75, 3.05) is 33.4 Å². The standard InChI is InChI=1S/C12H18N2O7/c1-20-11(18)9-6-13(2-3-21-9)12(19)14-5-7(15)4-8(14)10(16)17/h7-9,15H,2-6H2,1H3,(H,16,17)/t7?,8-,9?/m0/s1. The maximum Gasteiger partial charge on any atom is 0.336 e. The van der Waals surface area contributed by atoms with Gasteiger partial charge in [-0.15, -0.1) is 0 Å². The van der Waals surface area contributed by atoms with Gasteiger partial charge in [0, 0.05) is 19.5 Å². The van der Waals surface area contributed by atoms with Crippen LogP contribution in [-0.4, -0.2) is 89.6 Å². The van der Waals surface area contributed by atoms with Gasteiger partial charge in [0.05, 0.1) is 26.4 Å². The summed E-state index contributed by atoms with van der Waals surface area (Å²) < 4.78 is 9.79. The molecule has 2 unspecified atom stereocenters. The summed E-state index contributed by atoms with van der Waals surface area (Å²) in [6.07, 6.45) is -1.72. The number of ether oxygens (including phenoxy) is 2. The van der Waals surface area contributed by atoms with Crippen molar-refractivity contribution in [1.82, 2.24) is 9.80 Å². The number of aliphatic hydroxyl groups excluding tert-OH is 1. The van der Waals surface area contributed by atoms with Crippen LogP contribution >= 0.6 is 0 Å². The van der Waals surface area contributed by atoms with E-state index in [2.05, 4.69) is 4.74 Å². The van der Waals surface area contributed by atoms with E-state index in [1.807, 2.05) is 0 Å². The van der Waals surface area contributed by atoms with E-state index in [4.69, 9.17) is 9.84 Å². The average molecular weight is 302 g/mol. The molecular formula is C12H18N2O7. The molecule has 0 aromatic rings. The predicted octanol–water partition coefficient (Wildman–Crippen LogP) is -1.50. The fourth-order valence-electron chi connectivity index (χ4n) is 2.54. The number of likely N-dealkylation sites (tertiary alicyclic amines) is 1. The van der Waals surface area contributed by atoms with Crippen molar-refractivity contribution in [3.05, 3.63) is 0 Å². The third-order valence-corrected chi connectivity index (χ3v) is 3.61. The average Bonchev–Trinajstić information content (AvgIpc) is 2.88. The molecule has 0 aromatic heterocycles. The Balaban J connectivity index is 2.05. The Bertz CT molecular complexity index is 441. The minimum Gasteiger partial charge on any atom is -0.480 e. The number of hydrogen-bond acceptors (Lipinski definition) is 6. The minimum absolute atomic E-state index is 0.00441. The van der Waals surface area contributed by atoms with E-state index >= 15 is 0 Å². The van der Waals surface area contributed by atoms with E-state index in [-0.39, 0.29) is 32.7 Å². The lowest BCUT2D eigenvalue weighted by Crippen LogP contribution is -2.55. The fraction of sp³-hybridized carbons (Fsp3) is 0.750. The third-order valence-electron chi connectivity index (χ3n) is 3.61. The number of esters is 1. The molecule has 0 bridgehead atoms. The number of aliphatic hydroxyl groups is 1. The molecule has 9 nitrogen and oxygen atoms in total. The first kappa shape index (κ1) is 15.5. The van der Waals surface area contributed by atoms with Crippen molar-refractivity contribution in [3.63, 3.8) is 0 Å². The molecule has 2 fully saturated rings. The SMILES string of the molecule is COC(=O)C1CN(C(=O)N2CC(O)C[C@H]2C(=O)O)CCO1. The van der Waals surface area contributed by atoms with Crippen molar-refractivity contribution < 1.29 is 34.1 Å². The van der Waals surface area contributed by atoms with Crippen LogP contribution in [0.1, 0.15) is 6.42 Å². The highest BCUT2D eigenvalue weighted by atomic mass is 16.6. The first-order valence-corrected chi connectivity index (χ1v) is 6.60. The number of β-amino-alcohol motifs (C(OH)–C–C–N with tert-alkyl or cyclic N) is 1. The summed E-state index contributed by atoms with van der Waals surface area (Å²) >= 11 is 0. The van der Waals surface area contributed by atoms with Gasteiger partial charge in [-0.25, -0.2) is 14.4 Å². The van der Waals surface area contributed by atoms with E-state index in [0.717, 1.165) is 4.90 Å². The number of urea groups is 1. The minimum atomic E-state index is -1.15. The van der Waals surface area contributed by atoms with Crippen molar-refractivity contribution in [2.24, 2.45) is 0 Å². The van der Waals surface area contributed by atoms with Crippen LogP contribution in [0.2, 0.25) is 0 Å². The zero-order valence-corrected chi connectivity index (χ0v) is 11.6. The van der Waals surface area contributed by atoms with Gasteiger partial charge >= 0.3 is 18.0 Å². The number of morpholine rings is 1. The van der Waals surface area contributed by atoms with Gasteiger partial charge < -0.3 is 29.5 Å². The number of hydrogen-bond donors (Lipinski definition) is 2. The molecule has 2 aliphatic heterocycles. The first-order valence-electron chi connectivity index (χ1n) is 6.60. The highest BCUT2D eigenvalue weighted by Crippen LogP contribution is 2.21. The molecule has 118 valence electrons. The third kappa shape index (κ3) is 3.24. The number of nitrogens with zero attached hydrogens (tertiary/aromatic N) is 2. The van der Waals surface area contributed by atoms with Gasteiger partial charge in [0.1, 0.15) is 6.04 Å². The molecule has 0 spiro atoms. The van der Waals surface area contributed by atoms with Crippen LogP contribution in [0.15, 0.2) is 0 Å². The molecule has 2 heterocycles. The summed E-state index contributed by atoms with van der Waals surface area (Å²) in [5.74, 6) is -1.73. The molecule has 2 amide bonds. The van der Waals surface area contributed by atoms with Crippen LogP contribution in [0.5, 0.6) is 0 Å². The Labute approximate surface area is 121 Å². The molecule has 2 saturated heterocycles. The molecule has 21 heavy (non-hydrogen) atoms. The second kappa shape index (κ2) is 6.27. The fourth-order valence-corrected chi connectivity index (χ4v) is 2.54. The van der Waals surface area contributed by atoms with E-state index in [1.54, 1.807) is 0 Å². The lowest BCUT2D eigenvalue weighted by atomic mass is 10.2. The van der Waals surface area contributed by atoms with Gasteiger partial charge in [-0.2, -0.15) is 0 Å². The Hall–Kier alpha value is -1.87. The number of carboxylic acids is 1. The largest absolute Gasteiger partial charge is 0.480 e. The Kier molecular flexibility index (Phi) is 4.63. The van der Waals surface area contributed by atoms with Crippen LogP contribution in [-0.2, 0) is 19.1 Å². The van der Waals surface area contributed by atoms with E-state index in [9.17, 15) is 19.5 Å². The second-order valence-electron chi connectivity index (χ2n) is 5.01. The maximum atomic E-state index is 12.4. The van der Waals surface area contributed by atoms with Crippen LogP contribution in [0.25, 0.3) is 0 Å². The zero-order chi connectivity index (χ0) is 15.6. The number of carboxylic acid groups (broad SMARTS) is 1. The molecule has 0 radical (unpaired) electrons. The topological polar surface area (TPSA) is 117 Å². The molecule has 2 N–H and O–H groups in total. The second-order valence-corrected chi connectivity index (χ2v) is 5.01. The normalized spacial score (nSPS) is 29.3. The Morgan fingerprint density at radius 1 is 1.29 bits per heavy atom. The molecule has 2 aliphatic rings. The van der Waals surface area contributed by atoms with Crippen LogP contribution in [0, 0.1) is 0 Å². The number of methoxy groups -OCH3 is 1. The monoisotopic (exact) mass is 302 g/mol. The number of aliphatic carboxylic acids is 1. The van der Waals surface area contributed by atoms with Crippen molar-refractivity contribution in [1.29, 1.82) is 0 Å². The molecule has 9 heteroatoms. The summed E-state index contributed by atoms with van der Waals surface area (Å²) in [6, 6.07) is -1.57. The molecule has 2 rings (SSSR count). The zero-order valence-electron chi connectivity index (χ0n) is 11.6. The molecular weight excluding hydrogens is 284 g/mol. The summed E-state index contributed by atoms with van der Waals surface area (Å²) in [4.78, 5) is 37.4. The quantitative estimate of drug-likeness (QED) is 0.596. The van der Waals surface area contributed by atoms with Crippen LogP contribution in [0.3, 0.4) is 0 Å². The predicted molar refractivity (Wildman–Crippen MR) is 67.5 cm³/mol. The van der Waals surface area contributed by atoms with Gasteiger partial charge in [0.25, 0.3) is 0 Å². The lowest BCUT2D eigenvalue weighted by molar-refractivity contribution is -0.158. The van der Waals surface area contributed by atoms with E-state index < -0.39 is 36.2 Å². The Morgan fingerprint density at radius 2 is 2.00 bits per heavy atom. The van der Waals surface area contributed by atoms with Crippen LogP contribution < -0.4 is 0 Å². The number of amides is 2. The van der Waals surface area contributed by atoms with Crippen molar-refractivity contribution in [2.45, 2.75) is 24.7 Å². The van der Waals surface area contributed by atoms with Gasteiger partial charge in [0.15, 0.2) is 6.10 Å². The smallest absolute Gasteiger partial charge is 0.336 e. The summed E-state index contributed by atoms with van der Waals surface area (Å²) in [6.45, 7) is 0.394. The molecule has 0 aromatic carbocycles. The van der Waals surface area contributed by atoms with Gasteiger partial charge in [-0.3, -0.25) is 0 Å². The molecule has 0 aliphatic carbocycles. The summed E-state index contributed by atoms with van der Waals surface area (Å²) in [7, 11) is 1.23. The first-order chi connectivity index (χ1) is 9.93. The van der Waals surface area contributed by atoms with Gasteiger partial charge in [-0.05, 0) is 0 Å². The highest BCUT2D eigenvalue weighted by Gasteiger charge is 2.42. The van der Waals surface area contributed by atoms with Crippen molar-refractivity contribution >= 4 is 18.0 Å². The highest BCUT2D eigenvalue weighted by molar-refractivity contribution is 5.84. The molecule has 3 atom stereocenters. The van der Waals surface area contributed by atoms with Gasteiger partial charge in [-0.1, -0.05) is 0 Å². The number of carbonyl (C=O) groups is 3. The number of rotatable bonds is 2. The molecule has 0 saturated carbocycles. The van der Waals surface area contributed by atoms with Crippen molar-refractivity contribution in [3.8, 4) is 0 Å². The number of carbonyl (C=O) groups excluding carboxylic acids is 2. The lowest BCUT2D eigenvalue weighted by Gasteiger charge is -2.35. The maximum absolute atomic E-state index is 12.4. The van der Waals surface area contributed by atoms with Crippen LogP contribution in [0.4, 0.5) is 4.79 Å². The summed E-state index contributed by atoms with van der Waals surface area (Å²) in [5, 5.41) is 18.7. The van der Waals surface area contributed by atoms with E-state index in [1.165, 1.54) is 12.0 Å². The van der Waals surface area contributed by atoms with Gasteiger partial charge in [0.2, 0.25) is 0 Å². The summed E-state index contributed by atoms with van der Waals surface area (Å²) in [5.41, 5.74) is 0.